The second-order valence-electron chi connectivity index (χ2n) is 7.88. The fourth-order valence-electron chi connectivity index (χ4n) is 4.76. The van der Waals surface area contributed by atoms with Gasteiger partial charge in [0, 0.05) is 19.6 Å². The zero-order chi connectivity index (χ0) is 19.7. The van der Waals surface area contributed by atoms with Crippen molar-refractivity contribution in [2.45, 2.75) is 26.8 Å². The molecule has 3 aliphatic rings. The Hall–Kier alpha value is -1.90. The molecule has 0 aromatic heterocycles. The molecule has 0 spiro atoms. The maximum Gasteiger partial charge on any atom is 0.233 e. The Kier molecular flexibility index (Phi) is 6.97. The number of carbonyl (C=O) groups excluding carboxylic acids is 2. The largest absolute Gasteiger partial charge is 0.357 e. The summed E-state index contributed by atoms with van der Waals surface area (Å²) in [6, 6.07) is 8.19. The van der Waals surface area contributed by atoms with E-state index in [0.29, 0.717) is 25.6 Å². The highest BCUT2D eigenvalue weighted by molar-refractivity contribution is 14.0. The van der Waals surface area contributed by atoms with E-state index in [0.717, 1.165) is 13.0 Å². The lowest BCUT2D eigenvalue weighted by atomic mass is 9.85. The first-order valence-electron chi connectivity index (χ1n) is 10.2. The van der Waals surface area contributed by atoms with Crippen LogP contribution in [0.15, 0.2) is 41.4 Å². The van der Waals surface area contributed by atoms with Crippen LogP contribution in [0.3, 0.4) is 0 Å². The summed E-state index contributed by atoms with van der Waals surface area (Å²) in [4.78, 5) is 31.6. The van der Waals surface area contributed by atoms with Gasteiger partial charge in [0.1, 0.15) is 0 Å². The van der Waals surface area contributed by atoms with Crippen LogP contribution >= 0.6 is 24.0 Å². The number of benzene rings is 1. The smallest absolute Gasteiger partial charge is 0.233 e. The van der Waals surface area contributed by atoms with Crippen molar-refractivity contribution in [2.24, 2.45) is 28.7 Å². The van der Waals surface area contributed by atoms with Gasteiger partial charge in [0.25, 0.3) is 0 Å². The van der Waals surface area contributed by atoms with Gasteiger partial charge in [0.15, 0.2) is 5.96 Å². The number of aryl methyl sites for hydroxylation is 1. The molecule has 2 aliphatic carbocycles. The Morgan fingerprint density at radius 2 is 1.76 bits per heavy atom. The minimum Gasteiger partial charge on any atom is -0.357 e. The van der Waals surface area contributed by atoms with Crippen molar-refractivity contribution in [1.82, 2.24) is 15.5 Å². The Morgan fingerprint density at radius 1 is 1.10 bits per heavy atom. The van der Waals surface area contributed by atoms with Gasteiger partial charge in [-0.05, 0) is 43.2 Å². The third kappa shape index (κ3) is 4.20. The van der Waals surface area contributed by atoms with Crippen molar-refractivity contribution < 1.29 is 9.59 Å². The third-order valence-corrected chi connectivity index (χ3v) is 6.20. The molecule has 1 aromatic carbocycles. The van der Waals surface area contributed by atoms with E-state index in [1.165, 1.54) is 16.0 Å². The van der Waals surface area contributed by atoms with Crippen molar-refractivity contribution in [3.63, 3.8) is 0 Å². The van der Waals surface area contributed by atoms with Gasteiger partial charge in [0.05, 0.1) is 18.4 Å². The maximum absolute atomic E-state index is 12.7. The van der Waals surface area contributed by atoms with Crippen LogP contribution in [0.5, 0.6) is 0 Å². The van der Waals surface area contributed by atoms with Gasteiger partial charge >= 0.3 is 0 Å². The van der Waals surface area contributed by atoms with E-state index in [-0.39, 0.29) is 59.5 Å². The lowest BCUT2D eigenvalue weighted by Crippen LogP contribution is -2.43. The van der Waals surface area contributed by atoms with E-state index in [4.69, 9.17) is 0 Å². The molecule has 1 saturated heterocycles. The predicted octanol–water partition coefficient (Wildman–Crippen LogP) is 2.48. The van der Waals surface area contributed by atoms with Gasteiger partial charge in [-0.1, -0.05) is 36.4 Å². The number of likely N-dealkylation sites (tertiary alicyclic amines) is 1. The highest BCUT2D eigenvalue weighted by Gasteiger charge is 2.58. The number of halogens is 1. The van der Waals surface area contributed by atoms with Crippen molar-refractivity contribution in [2.75, 3.05) is 19.6 Å². The molecule has 2 amide bonds. The Morgan fingerprint density at radius 3 is 2.38 bits per heavy atom. The monoisotopic (exact) mass is 508 g/mol. The molecule has 156 valence electrons. The van der Waals surface area contributed by atoms with E-state index in [1.54, 1.807) is 0 Å². The molecule has 0 radical (unpaired) electrons. The third-order valence-electron chi connectivity index (χ3n) is 6.20. The fraction of sp³-hybridized carbons (Fsp3) is 0.500. The molecule has 6 nitrogen and oxygen atoms in total. The fourth-order valence-corrected chi connectivity index (χ4v) is 4.76. The number of imide groups is 1. The molecule has 4 unspecified atom stereocenters. The topological polar surface area (TPSA) is 73.8 Å². The molecule has 4 atom stereocenters. The van der Waals surface area contributed by atoms with Crippen molar-refractivity contribution in [3.8, 4) is 0 Å². The van der Waals surface area contributed by atoms with Crippen LogP contribution in [-0.4, -0.2) is 42.3 Å². The molecule has 1 saturated carbocycles. The van der Waals surface area contributed by atoms with Crippen LogP contribution in [0.2, 0.25) is 0 Å². The second kappa shape index (κ2) is 9.28. The first kappa shape index (κ1) is 21.8. The number of nitrogens with one attached hydrogen (secondary N) is 2. The van der Waals surface area contributed by atoms with Gasteiger partial charge < -0.3 is 10.6 Å². The molecule has 1 aromatic rings. The lowest BCUT2D eigenvalue weighted by molar-refractivity contribution is -0.140. The average molecular weight is 508 g/mol. The van der Waals surface area contributed by atoms with Crippen molar-refractivity contribution in [3.05, 3.63) is 47.5 Å². The Labute approximate surface area is 189 Å². The van der Waals surface area contributed by atoms with E-state index in [9.17, 15) is 9.59 Å². The van der Waals surface area contributed by atoms with E-state index < -0.39 is 0 Å². The molecule has 29 heavy (non-hydrogen) atoms. The summed E-state index contributed by atoms with van der Waals surface area (Å²) in [6.45, 7) is 6.32. The number of guanidine groups is 1. The van der Waals surface area contributed by atoms with Crippen molar-refractivity contribution in [1.29, 1.82) is 0 Å². The number of hydrogen-bond acceptors (Lipinski definition) is 3. The highest BCUT2D eigenvalue weighted by atomic mass is 127. The van der Waals surface area contributed by atoms with E-state index in [1.807, 2.05) is 19.1 Å². The van der Waals surface area contributed by atoms with Gasteiger partial charge in [-0.2, -0.15) is 0 Å². The maximum atomic E-state index is 12.7. The molecule has 1 aliphatic heterocycles. The van der Waals surface area contributed by atoms with Crippen LogP contribution in [0.1, 0.15) is 24.5 Å². The number of rotatable bonds is 6. The van der Waals surface area contributed by atoms with Crippen LogP contribution in [-0.2, 0) is 16.1 Å². The number of aliphatic imine (C=N–C) groups is 1. The summed E-state index contributed by atoms with van der Waals surface area (Å²) < 4.78 is 0. The van der Waals surface area contributed by atoms with E-state index >= 15 is 0 Å². The quantitative estimate of drug-likeness (QED) is 0.204. The number of nitrogens with zero attached hydrogens (tertiary/aromatic N) is 2. The number of hydrogen-bond donors (Lipinski definition) is 2. The minimum absolute atomic E-state index is 0. The molecule has 7 heteroatoms. The summed E-state index contributed by atoms with van der Waals surface area (Å²) in [7, 11) is 0. The lowest BCUT2D eigenvalue weighted by Gasteiger charge is -2.18. The first-order chi connectivity index (χ1) is 13.6. The zero-order valence-electron chi connectivity index (χ0n) is 16.9. The second-order valence-corrected chi connectivity index (χ2v) is 7.88. The molecule has 2 N–H and O–H groups in total. The predicted molar refractivity (Wildman–Crippen MR) is 124 cm³/mol. The molecule has 4 rings (SSSR count). The number of amides is 2. The normalized spacial score (nSPS) is 27.2. The molecular weight excluding hydrogens is 479 g/mol. The molecule has 1 heterocycles. The zero-order valence-corrected chi connectivity index (χ0v) is 19.3. The summed E-state index contributed by atoms with van der Waals surface area (Å²) in [5, 5.41) is 6.48. The Balaban J connectivity index is 0.00000240. The molecule has 2 fully saturated rings. The van der Waals surface area contributed by atoms with Gasteiger partial charge in [0.2, 0.25) is 11.8 Å². The number of fused-ring (bicyclic) bond motifs is 5. The molecule has 2 bridgehead atoms. The number of carbonyl (C=O) groups is 2. The summed E-state index contributed by atoms with van der Waals surface area (Å²) in [6.07, 6.45) is 5.22. The van der Waals surface area contributed by atoms with Crippen LogP contribution in [0.4, 0.5) is 0 Å². The van der Waals surface area contributed by atoms with Crippen LogP contribution in [0, 0.1) is 30.6 Å². The highest BCUT2D eigenvalue weighted by Crippen LogP contribution is 2.52. The minimum atomic E-state index is -0.120. The van der Waals surface area contributed by atoms with E-state index in [2.05, 4.69) is 46.8 Å². The van der Waals surface area contributed by atoms with Crippen LogP contribution < -0.4 is 10.6 Å². The summed E-state index contributed by atoms with van der Waals surface area (Å²) in [5.74, 6) is 1.00. The summed E-state index contributed by atoms with van der Waals surface area (Å²) in [5.41, 5.74) is 2.39. The Bertz CT molecular complexity index is 808. The molecular formula is C22H29IN4O2. The van der Waals surface area contributed by atoms with Crippen molar-refractivity contribution >= 4 is 41.8 Å². The average Bonchev–Trinajstić information content (AvgIpc) is 3.36. The SMILES string of the molecule is CCNC(=NCc1ccccc1C)NCCN1C(=O)C2C3C=CC(C3)C2C1=O.I. The van der Waals surface area contributed by atoms with Gasteiger partial charge in [-0.3, -0.25) is 14.5 Å². The standard InChI is InChI=1S/C22H28N4O2.HI/c1-3-23-22(25-13-17-7-5-4-6-14(17)2)24-10-11-26-20(27)18-15-8-9-16(12-15)19(18)21(26)28;/h4-9,15-16,18-19H,3,10-13H2,1-2H3,(H2,23,24,25);1H. The number of allylic oxidation sites excluding steroid dienone is 2. The van der Waals surface area contributed by atoms with Gasteiger partial charge in [-0.25, -0.2) is 4.99 Å². The van der Waals surface area contributed by atoms with Crippen LogP contribution in [0.25, 0.3) is 0 Å². The van der Waals surface area contributed by atoms with Gasteiger partial charge in [-0.15, -0.1) is 24.0 Å². The summed E-state index contributed by atoms with van der Waals surface area (Å²) >= 11 is 0. The first-order valence-corrected chi connectivity index (χ1v) is 10.2.